The standard InChI is InChI=1S/C9H14ClN3O2/c1-5-6(2)9(13-12-8(5)10)11-7(3-14)4-15/h7,14-15H,3-4H2,1-2H3,(H,11,13). The summed E-state index contributed by atoms with van der Waals surface area (Å²) in [5.41, 5.74) is 1.70. The van der Waals surface area contributed by atoms with Crippen LogP contribution in [0.4, 0.5) is 5.82 Å². The Morgan fingerprint density at radius 2 is 1.80 bits per heavy atom. The van der Waals surface area contributed by atoms with E-state index in [-0.39, 0.29) is 13.2 Å². The van der Waals surface area contributed by atoms with Crippen LogP contribution < -0.4 is 5.32 Å². The number of aliphatic hydroxyl groups excluding tert-OH is 2. The van der Waals surface area contributed by atoms with Crippen LogP contribution in [0.15, 0.2) is 0 Å². The summed E-state index contributed by atoms with van der Waals surface area (Å²) in [6.07, 6.45) is 0. The van der Waals surface area contributed by atoms with Crippen molar-refractivity contribution in [2.45, 2.75) is 19.9 Å². The summed E-state index contributed by atoms with van der Waals surface area (Å²) in [7, 11) is 0. The number of hydrogen-bond acceptors (Lipinski definition) is 5. The first kappa shape index (κ1) is 12.2. The summed E-state index contributed by atoms with van der Waals surface area (Å²) in [6.45, 7) is 3.35. The molecule has 0 aliphatic heterocycles. The molecule has 84 valence electrons. The van der Waals surface area contributed by atoms with Crippen molar-refractivity contribution in [3.8, 4) is 0 Å². The Morgan fingerprint density at radius 1 is 1.20 bits per heavy atom. The van der Waals surface area contributed by atoms with Gasteiger partial charge in [0.2, 0.25) is 0 Å². The number of halogens is 1. The van der Waals surface area contributed by atoms with Crippen LogP contribution in [0.3, 0.4) is 0 Å². The molecule has 0 fully saturated rings. The molecular formula is C9H14ClN3O2. The van der Waals surface area contributed by atoms with Crippen molar-refractivity contribution in [2.75, 3.05) is 18.5 Å². The number of rotatable bonds is 4. The molecule has 0 bridgehead atoms. The fraction of sp³-hybridized carbons (Fsp3) is 0.556. The van der Waals surface area contributed by atoms with Gasteiger partial charge in [0.1, 0.15) is 0 Å². The third kappa shape index (κ3) is 2.77. The van der Waals surface area contributed by atoms with Crippen molar-refractivity contribution in [1.82, 2.24) is 10.2 Å². The molecule has 1 rings (SSSR count). The molecule has 6 heteroatoms. The Morgan fingerprint density at radius 3 is 2.33 bits per heavy atom. The summed E-state index contributed by atoms with van der Waals surface area (Å²) in [6, 6.07) is -0.432. The number of hydrogen-bond donors (Lipinski definition) is 3. The van der Waals surface area contributed by atoms with E-state index in [1.807, 2.05) is 13.8 Å². The average Bonchev–Trinajstić information content (AvgIpc) is 2.25. The number of anilines is 1. The lowest BCUT2D eigenvalue weighted by molar-refractivity contribution is 0.203. The van der Waals surface area contributed by atoms with E-state index in [1.54, 1.807) is 0 Å². The summed E-state index contributed by atoms with van der Waals surface area (Å²) in [5, 5.41) is 28.7. The first-order valence-electron chi connectivity index (χ1n) is 4.57. The largest absolute Gasteiger partial charge is 0.394 e. The van der Waals surface area contributed by atoms with Gasteiger partial charge in [0.15, 0.2) is 11.0 Å². The molecule has 3 N–H and O–H groups in total. The van der Waals surface area contributed by atoms with E-state index >= 15 is 0 Å². The molecule has 0 radical (unpaired) electrons. The lowest BCUT2D eigenvalue weighted by atomic mass is 10.2. The van der Waals surface area contributed by atoms with Crippen molar-refractivity contribution >= 4 is 17.4 Å². The van der Waals surface area contributed by atoms with E-state index in [1.165, 1.54) is 0 Å². The predicted octanol–water partition coefficient (Wildman–Crippen LogP) is 0.512. The van der Waals surface area contributed by atoms with Crippen LogP contribution in [-0.2, 0) is 0 Å². The second-order valence-corrected chi connectivity index (χ2v) is 3.65. The molecule has 0 saturated carbocycles. The number of aromatic nitrogens is 2. The molecule has 5 nitrogen and oxygen atoms in total. The van der Waals surface area contributed by atoms with Gasteiger partial charge in [0.25, 0.3) is 0 Å². The van der Waals surface area contributed by atoms with Crippen molar-refractivity contribution in [2.24, 2.45) is 0 Å². The highest BCUT2D eigenvalue weighted by molar-refractivity contribution is 6.30. The zero-order chi connectivity index (χ0) is 11.4. The summed E-state index contributed by atoms with van der Waals surface area (Å²) >= 11 is 5.79. The normalized spacial score (nSPS) is 10.8. The minimum Gasteiger partial charge on any atom is -0.394 e. The van der Waals surface area contributed by atoms with Gasteiger partial charge >= 0.3 is 0 Å². The molecule has 0 aromatic carbocycles. The van der Waals surface area contributed by atoms with Crippen LogP contribution in [0, 0.1) is 13.8 Å². The van der Waals surface area contributed by atoms with E-state index < -0.39 is 6.04 Å². The molecule has 0 aliphatic rings. The fourth-order valence-electron chi connectivity index (χ4n) is 1.06. The molecule has 0 atom stereocenters. The SMILES string of the molecule is Cc1c(Cl)nnc(NC(CO)CO)c1C. The third-order valence-electron chi connectivity index (χ3n) is 2.25. The van der Waals surface area contributed by atoms with E-state index in [0.29, 0.717) is 11.0 Å². The maximum atomic E-state index is 8.91. The molecule has 0 unspecified atom stereocenters. The first-order chi connectivity index (χ1) is 7.10. The van der Waals surface area contributed by atoms with Crippen LogP contribution in [0.1, 0.15) is 11.1 Å². The number of nitrogens with one attached hydrogen (secondary N) is 1. The van der Waals surface area contributed by atoms with Crippen molar-refractivity contribution in [1.29, 1.82) is 0 Å². The quantitative estimate of drug-likeness (QED) is 0.704. The van der Waals surface area contributed by atoms with Gasteiger partial charge in [0, 0.05) is 0 Å². The van der Waals surface area contributed by atoms with Gasteiger partial charge in [-0.05, 0) is 25.0 Å². The Balaban J connectivity index is 2.91. The van der Waals surface area contributed by atoms with Crippen LogP contribution >= 0.6 is 11.6 Å². The maximum absolute atomic E-state index is 8.91. The topological polar surface area (TPSA) is 78.3 Å². The van der Waals surface area contributed by atoms with Gasteiger partial charge in [-0.3, -0.25) is 0 Å². The average molecular weight is 232 g/mol. The summed E-state index contributed by atoms with van der Waals surface area (Å²) in [4.78, 5) is 0. The Bertz CT molecular complexity index is 342. The van der Waals surface area contributed by atoms with Gasteiger partial charge in [-0.25, -0.2) is 0 Å². The van der Waals surface area contributed by atoms with Crippen LogP contribution in [0.25, 0.3) is 0 Å². The number of aliphatic hydroxyl groups is 2. The van der Waals surface area contributed by atoms with Crippen LogP contribution in [0.5, 0.6) is 0 Å². The first-order valence-corrected chi connectivity index (χ1v) is 4.95. The Labute approximate surface area is 93.1 Å². The maximum Gasteiger partial charge on any atom is 0.155 e. The van der Waals surface area contributed by atoms with Crippen molar-refractivity contribution < 1.29 is 10.2 Å². The summed E-state index contributed by atoms with van der Waals surface area (Å²) in [5.74, 6) is 0.532. The molecule has 1 aromatic heterocycles. The lowest BCUT2D eigenvalue weighted by Crippen LogP contribution is -2.28. The summed E-state index contributed by atoms with van der Waals surface area (Å²) < 4.78 is 0. The molecule has 0 saturated heterocycles. The second kappa shape index (κ2) is 5.25. The molecule has 0 aliphatic carbocycles. The highest BCUT2D eigenvalue weighted by Crippen LogP contribution is 2.20. The minimum atomic E-state index is -0.432. The van der Waals surface area contributed by atoms with Gasteiger partial charge < -0.3 is 15.5 Å². The fourth-order valence-corrected chi connectivity index (χ4v) is 1.24. The lowest BCUT2D eigenvalue weighted by Gasteiger charge is -2.16. The molecular weight excluding hydrogens is 218 g/mol. The highest BCUT2D eigenvalue weighted by Gasteiger charge is 2.11. The molecule has 0 amide bonds. The molecule has 15 heavy (non-hydrogen) atoms. The van der Waals surface area contributed by atoms with Gasteiger partial charge in [-0.2, -0.15) is 0 Å². The van der Waals surface area contributed by atoms with Gasteiger partial charge in [-0.1, -0.05) is 11.6 Å². The molecule has 0 spiro atoms. The van der Waals surface area contributed by atoms with E-state index in [4.69, 9.17) is 21.8 Å². The van der Waals surface area contributed by atoms with E-state index in [2.05, 4.69) is 15.5 Å². The monoisotopic (exact) mass is 231 g/mol. The van der Waals surface area contributed by atoms with Crippen molar-refractivity contribution in [3.63, 3.8) is 0 Å². The zero-order valence-corrected chi connectivity index (χ0v) is 9.41. The van der Waals surface area contributed by atoms with E-state index in [0.717, 1.165) is 11.1 Å². The predicted molar refractivity (Wildman–Crippen MR) is 58.1 cm³/mol. The second-order valence-electron chi connectivity index (χ2n) is 3.30. The smallest absolute Gasteiger partial charge is 0.155 e. The van der Waals surface area contributed by atoms with Gasteiger partial charge in [0.05, 0.1) is 19.3 Å². The van der Waals surface area contributed by atoms with Gasteiger partial charge in [-0.15, -0.1) is 10.2 Å². The Hall–Kier alpha value is -0.910. The Kier molecular flexibility index (Phi) is 4.26. The minimum absolute atomic E-state index is 0.167. The number of nitrogens with zero attached hydrogens (tertiary/aromatic N) is 2. The van der Waals surface area contributed by atoms with Crippen LogP contribution in [-0.4, -0.2) is 39.7 Å². The highest BCUT2D eigenvalue weighted by atomic mass is 35.5. The van der Waals surface area contributed by atoms with Crippen molar-refractivity contribution in [3.05, 3.63) is 16.3 Å². The zero-order valence-electron chi connectivity index (χ0n) is 8.66. The molecule has 1 aromatic rings. The van der Waals surface area contributed by atoms with Crippen LogP contribution in [0.2, 0.25) is 5.15 Å². The third-order valence-corrected chi connectivity index (χ3v) is 2.61. The molecule has 1 heterocycles. The van der Waals surface area contributed by atoms with E-state index in [9.17, 15) is 0 Å².